The predicted octanol–water partition coefficient (Wildman–Crippen LogP) is 2.62. The lowest BCUT2D eigenvalue weighted by Crippen LogP contribution is -2.20. The summed E-state index contributed by atoms with van der Waals surface area (Å²) >= 11 is 0. The largest absolute Gasteiger partial charge is 0.387 e. The molecule has 0 unspecified atom stereocenters. The summed E-state index contributed by atoms with van der Waals surface area (Å²) in [6.45, 7) is 7.21. The molecule has 16 heavy (non-hydrogen) atoms. The van der Waals surface area contributed by atoms with Gasteiger partial charge in [-0.15, -0.1) is 0 Å². The number of nitrogens with zero attached hydrogens (tertiary/aromatic N) is 2. The second kappa shape index (κ2) is 5.85. The molecule has 0 aliphatic carbocycles. The summed E-state index contributed by atoms with van der Waals surface area (Å²) in [6, 6.07) is 3.89. The monoisotopic (exact) mass is 222 g/mol. The maximum absolute atomic E-state index is 9.35. The first-order valence-electron chi connectivity index (χ1n) is 5.86. The van der Waals surface area contributed by atoms with Crippen LogP contribution >= 0.6 is 0 Å². The molecular weight excluding hydrogens is 200 g/mol. The Balaban J connectivity index is 2.59. The first-order chi connectivity index (χ1) is 7.50. The van der Waals surface area contributed by atoms with Gasteiger partial charge in [-0.2, -0.15) is 0 Å². The SMILES string of the molecule is CC(C)CCN(C)c1ccc([C@H](C)O)nc1. The third-order valence-electron chi connectivity index (χ3n) is 2.68. The number of hydrogen-bond acceptors (Lipinski definition) is 3. The first-order valence-corrected chi connectivity index (χ1v) is 5.86. The van der Waals surface area contributed by atoms with Gasteiger partial charge in [0.25, 0.3) is 0 Å². The first kappa shape index (κ1) is 13.0. The summed E-state index contributed by atoms with van der Waals surface area (Å²) in [7, 11) is 2.07. The van der Waals surface area contributed by atoms with Crippen LogP contribution in [-0.2, 0) is 0 Å². The quantitative estimate of drug-likeness (QED) is 0.832. The van der Waals surface area contributed by atoms with E-state index in [2.05, 4.69) is 30.8 Å². The number of rotatable bonds is 5. The molecule has 1 aromatic heterocycles. The van der Waals surface area contributed by atoms with Gasteiger partial charge in [-0.25, -0.2) is 0 Å². The summed E-state index contributed by atoms with van der Waals surface area (Å²) in [5.74, 6) is 0.715. The van der Waals surface area contributed by atoms with Crippen LogP contribution in [0.25, 0.3) is 0 Å². The summed E-state index contributed by atoms with van der Waals surface area (Å²) in [4.78, 5) is 6.43. The van der Waals surface area contributed by atoms with Crippen LogP contribution in [0.3, 0.4) is 0 Å². The highest BCUT2D eigenvalue weighted by molar-refractivity contribution is 5.43. The van der Waals surface area contributed by atoms with Crippen molar-refractivity contribution in [3.8, 4) is 0 Å². The van der Waals surface area contributed by atoms with Crippen molar-refractivity contribution in [3.63, 3.8) is 0 Å². The molecule has 0 saturated heterocycles. The highest BCUT2D eigenvalue weighted by Gasteiger charge is 2.05. The highest BCUT2D eigenvalue weighted by Crippen LogP contribution is 2.16. The number of anilines is 1. The van der Waals surface area contributed by atoms with E-state index in [1.165, 1.54) is 6.42 Å². The molecule has 3 heteroatoms. The van der Waals surface area contributed by atoms with E-state index in [4.69, 9.17) is 0 Å². The van der Waals surface area contributed by atoms with Gasteiger partial charge in [0.1, 0.15) is 0 Å². The molecule has 0 amide bonds. The van der Waals surface area contributed by atoms with Gasteiger partial charge in [-0.3, -0.25) is 4.98 Å². The number of hydrogen-bond donors (Lipinski definition) is 1. The lowest BCUT2D eigenvalue weighted by molar-refractivity contribution is 0.194. The highest BCUT2D eigenvalue weighted by atomic mass is 16.3. The topological polar surface area (TPSA) is 36.4 Å². The molecule has 1 aromatic rings. The average molecular weight is 222 g/mol. The molecule has 1 atom stereocenters. The van der Waals surface area contributed by atoms with Crippen molar-refractivity contribution in [1.29, 1.82) is 0 Å². The zero-order chi connectivity index (χ0) is 12.1. The van der Waals surface area contributed by atoms with Crippen molar-refractivity contribution in [1.82, 2.24) is 4.98 Å². The normalized spacial score (nSPS) is 12.9. The Labute approximate surface area is 98.1 Å². The third-order valence-corrected chi connectivity index (χ3v) is 2.68. The second-order valence-corrected chi connectivity index (χ2v) is 4.72. The fourth-order valence-electron chi connectivity index (χ4n) is 1.45. The Morgan fingerprint density at radius 2 is 2.00 bits per heavy atom. The van der Waals surface area contributed by atoms with Crippen LogP contribution in [-0.4, -0.2) is 23.7 Å². The molecule has 90 valence electrons. The van der Waals surface area contributed by atoms with Crippen molar-refractivity contribution < 1.29 is 5.11 Å². The van der Waals surface area contributed by atoms with E-state index in [-0.39, 0.29) is 0 Å². The van der Waals surface area contributed by atoms with Gasteiger partial charge in [0.05, 0.1) is 23.7 Å². The van der Waals surface area contributed by atoms with E-state index < -0.39 is 6.10 Å². The Kier molecular flexibility index (Phi) is 4.74. The Morgan fingerprint density at radius 1 is 1.31 bits per heavy atom. The Hall–Kier alpha value is -1.09. The van der Waals surface area contributed by atoms with Crippen LogP contribution in [0.15, 0.2) is 18.3 Å². The van der Waals surface area contributed by atoms with Crippen LogP contribution in [0.1, 0.15) is 39.0 Å². The van der Waals surface area contributed by atoms with E-state index in [9.17, 15) is 5.11 Å². The minimum Gasteiger partial charge on any atom is -0.387 e. The second-order valence-electron chi connectivity index (χ2n) is 4.72. The molecule has 0 aliphatic rings. The third kappa shape index (κ3) is 3.81. The van der Waals surface area contributed by atoms with Crippen LogP contribution < -0.4 is 4.90 Å². The smallest absolute Gasteiger partial charge is 0.0931 e. The van der Waals surface area contributed by atoms with Gasteiger partial charge < -0.3 is 10.0 Å². The van der Waals surface area contributed by atoms with E-state index in [1.807, 2.05) is 18.3 Å². The van der Waals surface area contributed by atoms with Crippen LogP contribution in [0, 0.1) is 5.92 Å². The number of aliphatic hydroxyl groups excluding tert-OH is 1. The van der Waals surface area contributed by atoms with Crippen molar-refractivity contribution in [2.45, 2.75) is 33.3 Å². The van der Waals surface area contributed by atoms with Gasteiger partial charge in [0.2, 0.25) is 0 Å². The number of pyridine rings is 1. The predicted molar refractivity (Wildman–Crippen MR) is 67.6 cm³/mol. The molecule has 1 N–H and O–H groups in total. The lowest BCUT2D eigenvalue weighted by Gasteiger charge is -2.20. The molecule has 0 spiro atoms. The van der Waals surface area contributed by atoms with Gasteiger partial charge in [0.15, 0.2) is 0 Å². The standard InChI is InChI=1S/C13H22N2O/c1-10(2)7-8-15(4)12-5-6-13(11(3)16)14-9-12/h5-6,9-11,16H,7-8H2,1-4H3/t11-/m0/s1. The zero-order valence-electron chi connectivity index (χ0n) is 10.6. The molecule has 0 radical (unpaired) electrons. The molecule has 0 aliphatic heterocycles. The van der Waals surface area contributed by atoms with E-state index >= 15 is 0 Å². The average Bonchev–Trinajstić information content (AvgIpc) is 2.26. The number of aromatic nitrogens is 1. The maximum atomic E-state index is 9.35. The van der Waals surface area contributed by atoms with Gasteiger partial charge in [0, 0.05) is 13.6 Å². The summed E-state index contributed by atoms with van der Waals surface area (Å²) in [5.41, 5.74) is 1.83. The van der Waals surface area contributed by atoms with Gasteiger partial charge in [-0.1, -0.05) is 13.8 Å². The fourth-order valence-corrected chi connectivity index (χ4v) is 1.45. The van der Waals surface area contributed by atoms with Crippen molar-refractivity contribution in [3.05, 3.63) is 24.0 Å². The van der Waals surface area contributed by atoms with Crippen LogP contribution in [0.5, 0.6) is 0 Å². The number of aliphatic hydroxyl groups is 1. The molecule has 1 heterocycles. The van der Waals surface area contributed by atoms with Gasteiger partial charge >= 0.3 is 0 Å². The molecule has 1 rings (SSSR count). The molecule has 0 aromatic carbocycles. The molecule has 3 nitrogen and oxygen atoms in total. The Bertz CT molecular complexity index is 306. The maximum Gasteiger partial charge on any atom is 0.0931 e. The minimum atomic E-state index is -0.491. The van der Waals surface area contributed by atoms with E-state index in [0.29, 0.717) is 5.92 Å². The summed E-state index contributed by atoms with van der Waals surface area (Å²) in [6.07, 6.45) is 2.51. The summed E-state index contributed by atoms with van der Waals surface area (Å²) in [5, 5.41) is 9.35. The van der Waals surface area contributed by atoms with Gasteiger partial charge in [-0.05, 0) is 31.4 Å². The molecule has 0 bridgehead atoms. The minimum absolute atomic E-state index is 0.491. The van der Waals surface area contributed by atoms with Crippen molar-refractivity contribution in [2.75, 3.05) is 18.5 Å². The molecule has 0 fully saturated rings. The van der Waals surface area contributed by atoms with Crippen LogP contribution in [0.4, 0.5) is 5.69 Å². The van der Waals surface area contributed by atoms with Crippen molar-refractivity contribution in [2.24, 2.45) is 5.92 Å². The summed E-state index contributed by atoms with van der Waals surface area (Å²) < 4.78 is 0. The zero-order valence-corrected chi connectivity index (χ0v) is 10.6. The van der Waals surface area contributed by atoms with E-state index in [0.717, 1.165) is 17.9 Å². The molecular formula is C13H22N2O. The molecule has 0 saturated carbocycles. The van der Waals surface area contributed by atoms with Crippen LogP contribution in [0.2, 0.25) is 0 Å². The van der Waals surface area contributed by atoms with Crippen molar-refractivity contribution >= 4 is 5.69 Å². The van der Waals surface area contributed by atoms with E-state index in [1.54, 1.807) is 6.92 Å². The Morgan fingerprint density at radius 3 is 2.44 bits per heavy atom. The lowest BCUT2D eigenvalue weighted by atomic mass is 10.1. The fraction of sp³-hybridized carbons (Fsp3) is 0.615.